The summed E-state index contributed by atoms with van der Waals surface area (Å²) in [5.74, 6) is 0. The molecule has 2 aromatic rings. The monoisotopic (exact) mass is 309 g/mol. The SMILES string of the molecule is Cc1[nH]ncc1CCCNc1ccc(S(N)(=O)=O)c(N)c1. The van der Waals surface area contributed by atoms with Crippen LogP contribution < -0.4 is 16.2 Å². The van der Waals surface area contributed by atoms with Crippen LogP contribution in [0.1, 0.15) is 17.7 Å². The average molecular weight is 309 g/mol. The van der Waals surface area contributed by atoms with Crippen LogP contribution in [-0.4, -0.2) is 25.2 Å². The highest BCUT2D eigenvalue weighted by Crippen LogP contribution is 2.21. The highest BCUT2D eigenvalue weighted by molar-refractivity contribution is 7.89. The quantitative estimate of drug-likeness (QED) is 0.467. The van der Waals surface area contributed by atoms with E-state index < -0.39 is 10.0 Å². The Hall–Kier alpha value is -2.06. The van der Waals surface area contributed by atoms with E-state index in [9.17, 15) is 8.42 Å². The van der Waals surface area contributed by atoms with Gasteiger partial charge in [-0.2, -0.15) is 5.10 Å². The maximum Gasteiger partial charge on any atom is 0.240 e. The number of hydrogen-bond acceptors (Lipinski definition) is 5. The number of aromatic amines is 1. The standard InChI is InChI=1S/C13H19N5O2S/c1-9-10(8-17-18-9)3-2-6-16-11-4-5-13(12(14)7-11)21(15,19)20/h4-5,7-8,16H,2-3,6,14H2,1H3,(H,17,18)(H2,15,19,20). The number of hydrogen-bond donors (Lipinski definition) is 4. The predicted molar refractivity (Wildman–Crippen MR) is 82.4 cm³/mol. The van der Waals surface area contributed by atoms with Gasteiger partial charge in [0.2, 0.25) is 10.0 Å². The second-order valence-corrected chi connectivity index (χ2v) is 6.38. The lowest BCUT2D eigenvalue weighted by Crippen LogP contribution is -2.14. The van der Waals surface area contributed by atoms with Crippen molar-refractivity contribution in [1.82, 2.24) is 10.2 Å². The Morgan fingerprint density at radius 1 is 1.38 bits per heavy atom. The first-order chi connectivity index (χ1) is 9.88. The van der Waals surface area contributed by atoms with Gasteiger partial charge in [0.15, 0.2) is 0 Å². The zero-order valence-corrected chi connectivity index (χ0v) is 12.6. The van der Waals surface area contributed by atoms with Crippen LogP contribution in [0.15, 0.2) is 29.3 Å². The number of nitrogens with zero attached hydrogens (tertiary/aromatic N) is 1. The van der Waals surface area contributed by atoms with Crippen molar-refractivity contribution in [3.8, 4) is 0 Å². The van der Waals surface area contributed by atoms with Crippen LogP contribution in [0, 0.1) is 6.92 Å². The van der Waals surface area contributed by atoms with Gasteiger partial charge in [-0.1, -0.05) is 0 Å². The van der Waals surface area contributed by atoms with Gasteiger partial charge in [0.25, 0.3) is 0 Å². The Morgan fingerprint density at radius 3 is 2.71 bits per heavy atom. The first-order valence-electron chi connectivity index (χ1n) is 6.53. The molecule has 114 valence electrons. The van der Waals surface area contributed by atoms with Gasteiger partial charge in [-0.05, 0) is 43.5 Å². The Bertz CT molecular complexity index is 724. The second kappa shape index (κ2) is 6.15. The molecule has 0 fully saturated rings. The summed E-state index contributed by atoms with van der Waals surface area (Å²) in [6.07, 6.45) is 3.67. The molecule has 0 saturated heterocycles. The maximum atomic E-state index is 11.3. The zero-order valence-electron chi connectivity index (χ0n) is 11.8. The van der Waals surface area contributed by atoms with Crippen LogP contribution in [0.4, 0.5) is 11.4 Å². The van der Waals surface area contributed by atoms with E-state index >= 15 is 0 Å². The summed E-state index contributed by atoms with van der Waals surface area (Å²) in [7, 11) is -3.77. The fourth-order valence-electron chi connectivity index (χ4n) is 2.06. The molecule has 0 radical (unpaired) electrons. The summed E-state index contributed by atoms with van der Waals surface area (Å²) in [5, 5.41) is 15.1. The van der Waals surface area contributed by atoms with Gasteiger partial charge in [0, 0.05) is 17.9 Å². The molecule has 0 unspecified atom stereocenters. The van der Waals surface area contributed by atoms with E-state index in [0.717, 1.165) is 30.8 Å². The Kier molecular flexibility index (Phi) is 4.49. The topological polar surface area (TPSA) is 127 Å². The third kappa shape index (κ3) is 3.96. The number of anilines is 2. The third-order valence-corrected chi connectivity index (χ3v) is 4.19. The minimum Gasteiger partial charge on any atom is -0.398 e. The summed E-state index contributed by atoms with van der Waals surface area (Å²) < 4.78 is 22.5. The number of primary sulfonamides is 1. The number of H-pyrrole nitrogens is 1. The van der Waals surface area contributed by atoms with Crippen molar-refractivity contribution in [2.75, 3.05) is 17.6 Å². The number of benzene rings is 1. The number of nitrogens with two attached hydrogens (primary N) is 2. The average Bonchev–Trinajstić information content (AvgIpc) is 2.79. The van der Waals surface area contributed by atoms with Gasteiger partial charge in [-0.15, -0.1) is 0 Å². The molecular weight excluding hydrogens is 290 g/mol. The minimum absolute atomic E-state index is 0.0536. The van der Waals surface area contributed by atoms with E-state index in [4.69, 9.17) is 10.9 Å². The number of nitrogens with one attached hydrogen (secondary N) is 2. The molecule has 1 aromatic heterocycles. The van der Waals surface area contributed by atoms with E-state index in [-0.39, 0.29) is 10.6 Å². The fraction of sp³-hybridized carbons (Fsp3) is 0.308. The summed E-state index contributed by atoms with van der Waals surface area (Å²) >= 11 is 0. The van der Waals surface area contributed by atoms with E-state index in [2.05, 4.69) is 15.5 Å². The molecular formula is C13H19N5O2S. The first-order valence-corrected chi connectivity index (χ1v) is 8.07. The van der Waals surface area contributed by atoms with Gasteiger partial charge in [0.05, 0.1) is 11.9 Å². The lowest BCUT2D eigenvalue weighted by molar-refractivity contribution is 0.598. The normalized spacial score (nSPS) is 11.5. The number of rotatable bonds is 6. The Labute approximate surface area is 123 Å². The fourth-order valence-corrected chi connectivity index (χ4v) is 2.70. The molecule has 6 N–H and O–H groups in total. The molecule has 0 aliphatic carbocycles. The van der Waals surface area contributed by atoms with Crippen molar-refractivity contribution < 1.29 is 8.42 Å². The molecule has 2 rings (SSSR count). The van der Waals surface area contributed by atoms with Crippen LogP contribution in [0.3, 0.4) is 0 Å². The highest BCUT2D eigenvalue weighted by atomic mass is 32.2. The van der Waals surface area contributed by atoms with Crippen LogP contribution in [-0.2, 0) is 16.4 Å². The predicted octanol–water partition coefficient (Wildman–Crippen LogP) is 0.992. The first kappa shape index (κ1) is 15.3. The van der Waals surface area contributed by atoms with Crippen molar-refractivity contribution in [3.63, 3.8) is 0 Å². The molecule has 7 nitrogen and oxygen atoms in total. The van der Waals surface area contributed by atoms with Crippen molar-refractivity contribution in [3.05, 3.63) is 35.7 Å². The van der Waals surface area contributed by atoms with Crippen LogP contribution in [0.5, 0.6) is 0 Å². The summed E-state index contributed by atoms with van der Waals surface area (Å²) in [6.45, 7) is 2.74. The van der Waals surface area contributed by atoms with Crippen LogP contribution in [0.25, 0.3) is 0 Å². The summed E-state index contributed by atoms with van der Waals surface area (Å²) in [4.78, 5) is -0.0536. The van der Waals surface area contributed by atoms with E-state index in [0.29, 0.717) is 0 Å². The Morgan fingerprint density at radius 2 is 2.14 bits per heavy atom. The zero-order chi connectivity index (χ0) is 15.5. The molecule has 0 amide bonds. The molecule has 1 aromatic carbocycles. The highest BCUT2D eigenvalue weighted by Gasteiger charge is 2.12. The van der Waals surface area contributed by atoms with Crippen LogP contribution in [0.2, 0.25) is 0 Å². The molecule has 0 spiro atoms. The summed E-state index contributed by atoms with van der Waals surface area (Å²) in [5.41, 5.74) is 8.89. The lowest BCUT2D eigenvalue weighted by atomic mass is 10.1. The third-order valence-electron chi connectivity index (χ3n) is 3.20. The van der Waals surface area contributed by atoms with Crippen LogP contribution >= 0.6 is 0 Å². The molecule has 0 saturated carbocycles. The smallest absolute Gasteiger partial charge is 0.240 e. The maximum absolute atomic E-state index is 11.3. The number of aromatic nitrogens is 2. The van der Waals surface area contributed by atoms with Gasteiger partial charge >= 0.3 is 0 Å². The molecule has 0 bridgehead atoms. The van der Waals surface area contributed by atoms with Gasteiger partial charge in [-0.3, -0.25) is 5.10 Å². The van der Waals surface area contributed by atoms with E-state index in [1.807, 2.05) is 13.1 Å². The molecule has 21 heavy (non-hydrogen) atoms. The number of sulfonamides is 1. The van der Waals surface area contributed by atoms with Gasteiger partial charge < -0.3 is 11.1 Å². The van der Waals surface area contributed by atoms with Crippen molar-refractivity contribution in [2.45, 2.75) is 24.7 Å². The van der Waals surface area contributed by atoms with Crippen molar-refractivity contribution in [2.24, 2.45) is 5.14 Å². The van der Waals surface area contributed by atoms with E-state index in [1.165, 1.54) is 11.6 Å². The van der Waals surface area contributed by atoms with E-state index in [1.54, 1.807) is 12.1 Å². The summed E-state index contributed by atoms with van der Waals surface area (Å²) in [6, 6.07) is 4.63. The second-order valence-electron chi connectivity index (χ2n) is 4.85. The number of nitrogen functional groups attached to an aromatic ring is 1. The van der Waals surface area contributed by atoms with Crippen molar-refractivity contribution >= 4 is 21.4 Å². The molecule has 8 heteroatoms. The molecule has 0 aliphatic heterocycles. The lowest BCUT2D eigenvalue weighted by Gasteiger charge is -2.09. The molecule has 1 heterocycles. The number of aryl methyl sites for hydroxylation is 2. The Balaban J connectivity index is 1.90. The van der Waals surface area contributed by atoms with Gasteiger partial charge in [0.1, 0.15) is 4.90 Å². The molecule has 0 aliphatic rings. The van der Waals surface area contributed by atoms with Gasteiger partial charge in [-0.25, -0.2) is 13.6 Å². The minimum atomic E-state index is -3.77. The largest absolute Gasteiger partial charge is 0.398 e. The molecule has 0 atom stereocenters. The van der Waals surface area contributed by atoms with Crippen molar-refractivity contribution in [1.29, 1.82) is 0 Å².